The summed E-state index contributed by atoms with van der Waals surface area (Å²) in [6.45, 7) is 0. The number of nitrogens with zero attached hydrogens (tertiary/aromatic N) is 1. The van der Waals surface area contributed by atoms with Crippen molar-refractivity contribution < 1.29 is 23.9 Å². The van der Waals surface area contributed by atoms with Gasteiger partial charge >= 0.3 is 5.97 Å². The van der Waals surface area contributed by atoms with E-state index in [9.17, 15) is 4.79 Å². The molecule has 1 aromatic carbocycles. The Bertz CT molecular complexity index is 595. The first kappa shape index (κ1) is 12.7. The summed E-state index contributed by atoms with van der Waals surface area (Å²) in [5, 5.41) is 12.5. The molecule has 0 aliphatic rings. The lowest BCUT2D eigenvalue weighted by Crippen LogP contribution is -1.97. The third-order valence-corrected chi connectivity index (χ3v) is 2.56. The minimum Gasteiger partial charge on any atom is -0.494 e. The van der Waals surface area contributed by atoms with E-state index in [1.165, 1.54) is 20.3 Å². The number of hydrogen-bond donors (Lipinski definition) is 2. The molecule has 7 heteroatoms. The van der Waals surface area contributed by atoms with E-state index in [0.29, 0.717) is 28.4 Å². The number of carbonyl (C=O) groups is 1. The van der Waals surface area contributed by atoms with Crippen LogP contribution in [-0.4, -0.2) is 30.5 Å². The fourth-order valence-corrected chi connectivity index (χ4v) is 1.60. The third-order valence-electron chi connectivity index (χ3n) is 2.56. The average Bonchev–Trinajstić information content (AvgIpc) is 2.89. The van der Waals surface area contributed by atoms with Gasteiger partial charge < -0.3 is 24.8 Å². The van der Waals surface area contributed by atoms with Crippen molar-refractivity contribution in [1.29, 1.82) is 0 Å². The molecule has 0 atom stereocenters. The summed E-state index contributed by atoms with van der Waals surface area (Å²) in [6, 6.07) is 4.56. The Labute approximate surface area is 108 Å². The Morgan fingerprint density at radius 3 is 2.26 bits per heavy atom. The molecule has 19 heavy (non-hydrogen) atoms. The first-order valence-corrected chi connectivity index (χ1v) is 5.28. The normalized spacial score (nSPS) is 10.2. The van der Waals surface area contributed by atoms with E-state index in [0.717, 1.165) is 0 Å². The fraction of sp³-hybridized carbons (Fsp3) is 0.167. The molecule has 0 saturated heterocycles. The van der Waals surface area contributed by atoms with E-state index in [4.69, 9.17) is 24.8 Å². The van der Waals surface area contributed by atoms with Crippen molar-refractivity contribution in [3.05, 3.63) is 24.0 Å². The van der Waals surface area contributed by atoms with Crippen molar-refractivity contribution in [3.63, 3.8) is 0 Å². The second kappa shape index (κ2) is 4.89. The second-order valence-electron chi connectivity index (χ2n) is 3.68. The Morgan fingerprint density at radius 2 is 1.84 bits per heavy atom. The van der Waals surface area contributed by atoms with Crippen LogP contribution in [0.2, 0.25) is 0 Å². The van der Waals surface area contributed by atoms with Crippen LogP contribution in [0.1, 0.15) is 10.6 Å². The number of rotatable bonds is 4. The van der Waals surface area contributed by atoms with Crippen LogP contribution in [0.25, 0.3) is 11.3 Å². The Kier molecular flexibility index (Phi) is 3.28. The number of aromatic nitrogens is 1. The third kappa shape index (κ3) is 2.30. The highest BCUT2D eigenvalue weighted by Crippen LogP contribution is 2.36. The molecule has 1 aromatic heterocycles. The fourth-order valence-electron chi connectivity index (χ4n) is 1.60. The number of nitrogen functional groups attached to an aromatic ring is 1. The van der Waals surface area contributed by atoms with E-state index in [1.54, 1.807) is 12.1 Å². The SMILES string of the molecule is COc1cc(-c2cc(C(=O)O)on2)cc(OC)c1N. The van der Waals surface area contributed by atoms with E-state index >= 15 is 0 Å². The predicted octanol–water partition coefficient (Wildman–Crippen LogP) is 1.64. The number of carboxylic acids is 1. The first-order chi connectivity index (χ1) is 9.06. The lowest BCUT2D eigenvalue weighted by Gasteiger charge is -2.10. The molecule has 2 aromatic rings. The van der Waals surface area contributed by atoms with E-state index in [-0.39, 0.29) is 5.76 Å². The molecule has 0 radical (unpaired) electrons. The number of anilines is 1. The number of nitrogens with two attached hydrogens (primary N) is 1. The van der Waals surface area contributed by atoms with E-state index in [2.05, 4.69) is 5.16 Å². The van der Waals surface area contributed by atoms with Gasteiger partial charge in [-0.25, -0.2) is 4.79 Å². The molecule has 0 aliphatic heterocycles. The van der Waals surface area contributed by atoms with Gasteiger partial charge in [0.1, 0.15) is 22.9 Å². The van der Waals surface area contributed by atoms with Crippen LogP contribution in [0, 0.1) is 0 Å². The molecule has 7 nitrogen and oxygen atoms in total. The maximum Gasteiger partial charge on any atom is 0.374 e. The zero-order chi connectivity index (χ0) is 14.0. The minimum atomic E-state index is -1.19. The molecule has 3 N–H and O–H groups in total. The quantitative estimate of drug-likeness (QED) is 0.808. The van der Waals surface area contributed by atoms with Gasteiger partial charge in [0.2, 0.25) is 5.76 Å². The highest BCUT2D eigenvalue weighted by atomic mass is 16.5. The molecule has 100 valence electrons. The lowest BCUT2D eigenvalue weighted by molar-refractivity contribution is 0.0652. The van der Waals surface area contributed by atoms with Gasteiger partial charge in [0, 0.05) is 11.6 Å². The molecule has 1 heterocycles. The van der Waals surface area contributed by atoms with Gasteiger partial charge in [-0.2, -0.15) is 0 Å². The molecule has 0 amide bonds. The second-order valence-corrected chi connectivity index (χ2v) is 3.68. The molecular formula is C12H12N2O5. The van der Waals surface area contributed by atoms with Crippen LogP contribution in [-0.2, 0) is 0 Å². The van der Waals surface area contributed by atoms with Gasteiger partial charge in [-0.15, -0.1) is 0 Å². The van der Waals surface area contributed by atoms with Crippen LogP contribution in [0.3, 0.4) is 0 Å². The monoisotopic (exact) mass is 264 g/mol. The summed E-state index contributed by atoms with van der Waals surface area (Å²) in [5.41, 5.74) is 7.11. The van der Waals surface area contributed by atoms with Crippen LogP contribution in [0.5, 0.6) is 11.5 Å². The number of methoxy groups -OCH3 is 2. The molecular weight excluding hydrogens is 252 g/mol. The maximum absolute atomic E-state index is 10.7. The van der Waals surface area contributed by atoms with Gasteiger partial charge in [0.25, 0.3) is 0 Å². The first-order valence-electron chi connectivity index (χ1n) is 5.28. The highest BCUT2D eigenvalue weighted by molar-refractivity contribution is 5.86. The van der Waals surface area contributed by atoms with Crippen molar-refractivity contribution in [1.82, 2.24) is 5.16 Å². The average molecular weight is 264 g/mol. The van der Waals surface area contributed by atoms with Crippen LogP contribution in [0.4, 0.5) is 5.69 Å². The molecule has 0 unspecified atom stereocenters. The molecule has 0 fully saturated rings. The molecule has 0 spiro atoms. The van der Waals surface area contributed by atoms with E-state index in [1.807, 2.05) is 0 Å². The number of aromatic carboxylic acids is 1. The largest absolute Gasteiger partial charge is 0.494 e. The Hall–Kier alpha value is -2.70. The summed E-state index contributed by atoms with van der Waals surface area (Å²) in [5.74, 6) is -0.610. The van der Waals surface area contributed by atoms with Crippen molar-refractivity contribution in [2.75, 3.05) is 20.0 Å². The van der Waals surface area contributed by atoms with Crippen molar-refractivity contribution in [2.24, 2.45) is 0 Å². The summed E-state index contributed by atoms with van der Waals surface area (Å²) < 4.78 is 14.9. The highest BCUT2D eigenvalue weighted by Gasteiger charge is 2.16. The van der Waals surface area contributed by atoms with Gasteiger partial charge in [0.15, 0.2) is 0 Å². The number of carboxylic acid groups (broad SMARTS) is 1. The van der Waals surface area contributed by atoms with Crippen LogP contribution >= 0.6 is 0 Å². The van der Waals surface area contributed by atoms with Gasteiger partial charge in [-0.1, -0.05) is 5.16 Å². The summed E-state index contributed by atoms with van der Waals surface area (Å²) in [7, 11) is 2.95. The standard InChI is InChI=1S/C12H12N2O5/c1-17-8-3-6(4-9(18-2)11(8)13)7-5-10(12(15)16)19-14-7/h3-5H,13H2,1-2H3,(H,15,16). The number of hydrogen-bond acceptors (Lipinski definition) is 6. The van der Waals surface area contributed by atoms with Gasteiger partial charge in [-0.05, 0) is 12.1 Å². The van der Waals surface area contributed by atoms with Crippen LogP contribution in [0.15, 0.2) is 22.7 Å². The predicted molar refractivity (Wildman–Crippen MR) is 66.4 cm³/mol. The number of benzene rings is 1. The summed E-state index contributed by atoms with van der Waals surface area (Å²) >= 11 is 0. The Morgan fingerprint density at radius 1 is 1.26 bits per heavy atom. The lowest BCUT2D eigenvalue weighted by atomic mass is 10.1. The van der Waals surface area contributed by atoms with Gasteiger partial charge in [0.05, 0.1) is 14.2 Å². The molecule has 0 saturated carbocycles. The molecule has 2 rings (SSSR count). The smallest absolute Gasteiger partial charge is 0.374 e. The van der Waals surface area contributed by atoms with Crippen molar-refractivity contribution in [3.8, 4) is 22.8 Å². The Balaban J connectivity index is 2.51. The zero-order valence-corrected chi connectivity index (χ0v) is 10.3. The van der Waals surface area contributed by atoms with Crippen molar-refractivity contribution >= 4 is 11.7 Å². The minimum absolute atomic E-state index is 0.246. The summed E-state index contributed by atoms with van der Waals surface area (Å²) in [4.78, 5) is 10.7. The molecule has 0 aliphatic carbocycles. The van der Waals surface area contributed by atoms with E-state index < -0.39 is 5.97 Å². The van der Waals surface area contributed by atoms with Gasteiger partial charge in [-0.3, -0.25) is 0 Å². The van der Waals surface area contributed by atoms with Crippen molar-refractivity contribution in [2.45, 2.75) is 0 Å². The zero-order valence-electron chi connectivity index (χ0n) is 10.3. The number of ether oxygens (including phenoxy) is 2. The maximum atomic E-state index is 10.7. The summed E-state index contributed by atoms with van der Waals surface area (Å²) in [6.07, 6.45) is 0. The molecule has 0 bridgehead atoms. The topological polar surface area (TPSA) is 108 Å². The van der Waals surface area contributed by atoms with Crippen LogP contribution < -0.4 is 15.2 Å².